The smallest absolute Gasteiger partial charge is 0.115 e. The van der Waals surface area contributed by atoms with Crippen LogP contribution in [-0.4, -0.2) is 21.1 Å². The second-order valence-corrected chi connectivity index (χ2v) is 3.22. The Kier molecular flexibility index (Phi) is 2.49. The van der Waals surface area contributed by atoms with Gasteiger partial charge in [0.25, 0.3) is 0 Å². The summed E-state index contributed by atoms with van der Waals surface area (Å²) in [5, 5.41) is 13.1. The second-order valence-electron chi connectivity index (χ2n) is 3.22. The van der Waals surface area contributed by atoms with Crippen LogP contribution in [0.2, 0.25) is 0 Å². The average molecular weight is 201 g/mol. The number of benzene rings is 1. The summed E-state index contributed by atoms with van der Waals surface area (Å²) >= 11 is 0. The summed E-state index contributed by atoms with van der Waals surface area (Å²) in [6, 6.07) is 6.72. The van der Waals surface area contributed by atoms with Crippen molar-refractivity contribution in [2.24, 2.45) is 12.0 Å². The zero-order chi connectivity index (χ0) is 10.7. The minimum atomic E-state index is 0.246. The molecule has 0 fully saturated rings. The van der Waals surface area contributed by atoms with Crippen molar-refractivity contribution in [1.29, 1.82) is 0 Å². The lowest BCUT2D eigenvalue weighted by molar-refractivity contribution is 0.475. The first-order valence-electron chi connectivity index (χ1n) is 4.56. The normalized spacial score (nSPS) is 11.0. The Morgan fingerprint density at radius 1 is 1.33 bits per heavy atom. The zero-order valence-corrected chi connectivity index (χ0v) is 8.33. The van der Waals surface area contributed by atoms with Gasteiger partial charge in [0.1, 0.15) is 5.75 Å². The number of phenolic OH excluding ortho intramolecular Hbond substituents is 1. The quantitative estimate of drug-likeness (QED) is 0.754. The molecule has 0 amide bonds. The Morgan fingerprint density at radius 2 is 2.07 bits per heavy atom. The molecular weight excluding hydrogens is 190 g/mol. The molecule has 0 unspecified atom stereocenters. The largest absolute Gasteiger partial charge is 0.508 e. The summed E-state index contributed by atoms with van der Waals surface area (Å²) in [5.74, 6) is 0.246. The molecule has 76 valence electrons. The van der Waals surface area contributed by atoms with Gasteiger partial charge in [-0.2, -0.15) is 5.10 Å². The molecule has 4 nitrogen and oxygen atoms in total. The van der Waals surface area contributed by atoms with Gasteiger partial charge in [-0.05, 0) is 24.3 Å². The van der Waals surface area contributed by atoms with Crippen LogP contribution in [0.25, 0.3) is 0 Å². The minimum absolute atomic E-state index is 0.246. The molecule has 0 atom stereocenters. The van der Waals surface area contributed by atoms with Crippen molar-refractivity contribution < 1.29 is 5.11 Å². The third kappa shape index (κ3) is 2.43. The number of aromatic hydroxyl groups is 1. The fourth-order valence-electron chi connectivity index (χ4n) is 1.19. The highest BCUT2D eigenvalue weighted by Crippen LogP contribution is 2.16. The van der Waals surface area contributed by atoms with E-state index >= 15 is 0 Å². The summed E-state index contributed by atoms with van der Waals surface area (Å²) in [4.78, 5) is 4.24. The number of nitrogens with zero attached hydrogens (tertiary/aromatic N) is 3. The molecule has 1 heterocycles. The molecular formula is C11H11N3O. The molecule has 1 aromatic heterocycles. The summed E-state index contributed by atoms with van der Waals surface area (Å²) in [7, 11) is 1.86. The number of aliphatic imine (C=N–C) groups is 1. The summed E-state index contributed by atoms with van der Waals surface area (Å²) in [5.41, 5.74) is 1.75. The molecule has 1 N–H and O–H groups in total. The van der Waals surface area contributed by atoms with Gasteiger partial charge in [0.2, 0.25) is 0 Å². The van der Waals surface area contributed by atoms with Crippen molar-refractivity contribution in [1.82, 2.24) is 9.78 Å². The van der Waals surface area contributed by atoms with Crippen molar-refractivity contribution in [2.75, 3.05) is 0 Å². The minimum Gasteiger partial charge on any atom is -0.508 e. The Bertz CT molecular complexity index is 471. The highest BCUT2D eigenvalue weighted by Gasteiger charge is 1.92. The summed E-state index contributed by atoms with van der Waals surface area (Å²) in [6.45, 7) is 0. The van der Waals surface area contributed by atoms with E-state index in [1.807, 2.05) is 13.2 Å². The van der Waals surface area contributed by atoms with Gasteiger partial charge in [-0.1, -0.05) is 0 Å². The van der Waals surface area contributed by atoms with E-state index < -0.39 is 0 Å². The van der Waals surface area contributed by atoms with E-state index in [1.165, 1.54) is 0 Å². The van der Waals surface area contributed by atoms with E-state index in [9.17, 15) is 0 Å². The van der Waals surface area contributed by atoms with Crippen LogP contribution in [0, 0.1) is 0 Å². The first-order valence-corrected chi connectivity index (χ1v) is 4.56. The molecule has 0 saturated carbocycles. The average Bonchev–Trinajstić information content (AvgIpc) is 2.64. The van der Waals surface area contributed by atoms with Gasteiger partial charge in [0, 0.05) is 25.0 Å². The van der Waals surface area contributed by atoms with Crippen LogP contribution in [0.15, 0.2) is 41.7 Å². The Morgan fingerprint density at radius 3 is 2.67 bits per heavy atom. The third-order valence-corrected chi connectivity index (χ3v) is 1.94. The summed E-state index contributed by atoms with van der Waals surface area (Å²) in [6.07, 6.45) is 5.35. The topological polar surface area (TPSA) is 50.4 Å². The number of aryl methyl sites for hydroxylation is 1. The van der Waals surface area contributed by atoms with E-state index in [0.29, 0.717) is 0 Å². The molecule has 2 rings (SSSR count). The molecule has 2 aromatic rings. The lowest BCUT2D eigenvalue weighted by Crippen LogP contribution is -1.84. The Balaban J connectivity index is 2.14. The third-order valence-electron chi connectivity index (χ3n) is 1.94. The van der Waals surface area contributed by atoms with E-state index in [1.54, 1.807) is 41.4 Å². The van der Waals surface area contributed by atoms with Gasteiger partial charge in [0.05, 0.1) is 11.9 Å². The standard InChI is InChI=1S/C11H11N3O/c1-14-8-9(7-13-14)6-12-10-2-4-11(15)5-3-10/h2-8,15H,1H3. The second kappa shape index (κ2) is 3.96. The molecule has 0 aliphatic carbocycles. The zero-order valence-electron chi connectivity index (χ0n) is 8.33. The number of rotatable bonds is 2. The maximum Gasteiger partial charge on any atom is 0.115 e. The van der Waals surface area contributed by atoms with E-state index in [2.05, 4.69) is 10.1 Å². The van der Waals surface area contributed by atoms with Crippen molar-refractivity contribution in [2.45, 2.75) is 0 Å². The number of hydrogen-bond donors (Lipinski definition) is 1. The van der Waals surface area contributed by atoms with Gasteiger partial charge in [-0.3, -0.25) is 9.67 Å². The maximum absolute atomic E-state index is 9.08. The number of aromatic nitrogens is 2. The first-order chi connectivity index (χ1) is 7.24. The van der Waals surface area contributed by atoms with Crippen molar-refractivity contribution in [3.63, 3.8) is 0 Å². The van der Waals surface area contributed by atoms with Crippen molar-refractivity contribution in [3.8, 4) is 5.75 Å². The molecule has 1 aromatic carbocycles. The van der Waals surface area contributed by atoms with Crippen LogP contribution in [-0.2, 0) is 7.05 Å². The highest BCUT2D eigenvalue weighted by atomic mass is 16.3. The number of hydrogen-bond acceptors (Lipinski definition) is 3. The lowest BCUT2D eigenvalue weighted by Gasteiger charge is -1.92. The van der Waals surface area contributed by atoms with Gasteiger partial charge < -0.3 is 5.11 Å². The van der Waals surface area contributed by atoms with E-state index in [4.69, 9.17) is 5.11 Å². The number of phenols is 1. The SMILES string of the molecule is Cn1cc(C=Nc2ccc(O)cc2)cn1. The van der Waals surface area contributed by atoms with Gasteiger partial charge in [-0.15, -0.1) is 0 Å². The molecule has 0 aliphatic heterocycles. The van der Waals surface area contributed by atoms with Gasteiger partial charge in [-0.25, -0.2) is 0 Å². The molecule has 0 aliphatic rings. The molecule has 15 heavy (non-hydrogen) atoms. The maximum atomic E-state index is 9.08. The predicted molar refractivity (Wildman–Crippen MR) is 58.6 cm³/mol. The van der Waals surface area contributed by atoms with Gasteiger partial charge >= 0.3 is 0 Å². The van der Waals surface area contributed by atoms with Crippen LogP contribution in [0.4, 0.5) is 5.69 Å². The Hall–Kier alpha value is -2.10. The monoisotopic (exact) mass is 201 g/mol. The highest BCUT2D eigenvalue weighted by molar-refractivity contribution is 5.81. The molecule has 4 heteroatoms. The molecule has 0 spiro atoms. The van der Waals surface area contributed by atoms with Crippen LogP contribution in [0.3, 0.4) is 0 Å². The fourth-order valence-corrected chi connectivity index (χ4v) is 1.19. The first kappa shape index (κ1) is 9.45. The van der Waals surface area contributed by atoms with Crippen LogP contribution >= 0.6 is 0 Å². The molecule has 0 bridgehead atoms. The van der Waals surface area contributed by atoms with Gasteiger partial charge in [0.15, 0.2) is 0 Å². The predicted octanol–water partition coefficient (Wildman–Crippen LogP) is 1.88. The molecule has 0 radical (unpaired) electrons. The Labute approximate surface area is 87.5 Å². The fraction of sp³-hybridized carbons (Fsp3) is 0.0909. The molecule has 0 saturated heterocycles. The van der Waals surface area contributed by atoms with Crippen molar-refractivity contribution >= 4 is 11.9 Å². The van der Waals surface area contributed by atoms with Crippen LogP contribution < -0.4 is 0 Å². The van der Waals surface area contributed by atoms with Crippen LogP contribution in [0.5, 0.6) is 5.75 Å². The summed E-state index contributed by atoms with van der Waals surface area (Å²) < 4.78 is 1.72. The lowest BCUT2D eigenvalue weighted by atomic mass is 10.3. The van der Waals surface area contributed by atoms with E-state index in [-0.39, 0.29) is 5.75 Å². The van der Waals surface area contributed by atoms with E-state index in [0.717, 1.165) is 11.3 Å². The van der Waals surface area contributed by atoms with Crippen LogP contribution in [0.1, 0.15) is 5.56 Å². The van der Waals surface area contributed by atoms with Crippen molar-refractivity contribution in [3.05, 3.63) is 42.2 Å².